The van der Waals surface area contributed by atoms with Crippen LogP contribution in [0.25, 0.3) is 10.9 Å². The van der Waals surface area contributed by atoms with Gasteiger partial charge in [0.2, 0.25) is 0 Å². The molecular formula is C20H26N2O3. The van der Waals surface area contributed by atoms with Gasteiger partial charge in [-0.2, -0.15) is 0 Å². The van der Waals surface area contributed by atoms with E-state index in [0.29, 0.717) is 25.1 Å². The minimum atomic E-state index is -0.400. The van der Waals surface area contributed by atoms with Crippen molar-refractivity contribution in [2.45, 2.75) is 33.6 Å². The Kier molecular flexibility index (Phi) is 5.13. The monoisotopic (exact) mass is 342 g/mol. The minimum absolute atomic E-state index is 0.174. The summed E-state index contributed by atoms with van der Waals surface area (Å²) in [4.78, 5) is 17.5. The second-order valence-electron chi connectivity index (χ2n) is 6.74. The first-order valence-corrected chi connectivity index (χ1v) is 8.87. The first-order valence-electron chi connectivity index (χ1n) is 8.87. The quantitative estimate of drug-likeness (QED) is 0.817. The summed E-state index contributed by atoms with van der Waals surface area (Å²) in [7, 11) is 0. The van der Waals surface area contributed by atoms with Crippen LogP contribution >= 0.6 is 0 Å². The molecule has 1 aliphatic rings. The molecule has 0 atom stereocenters. The van der Waals surface area contributed by atoms with Crippen LogP contribution in [0.5, 0.6) is 0 Å². The number of aliphatic hydroxyl groups is 1. The number of aromatic nitrogens is 1. The number of carbonyl (C=O) groups is 1. The summed E-state index contributed by atoms with van der Waals surface area (Å²) in [6, 6.07) is 4.38. The molecule has 5 nitrogen and oxygen atoms in total. The number of hydrogen-bond acceptors (Lipinski definition) is 4. The Morgan fingerprint density at radius 2 is 2.16 bits per heavy atom. The highest BCUT2D eigenvalue weighted by Crippen LogP contribution is 2.25. The second-order valence-corrected chi connectivity index (χ2v) is 6.74. The summed E-state index contributed by atoms with van der Waals surface area (Å²) in [5.41, 5.74) is 5.42. The summed E-state index contributed by atoms with van der Waals surface area (Å²) in [6.07, 6.45) is 3.49. The zero-order chi connectivity index (χ0) is 18.0. The molecule has 0 aliphatic carbocycles. The molecule has 2 aromatic rings. The summed E-state index contributed by atoms with van der Waals surface area (Å²) >= 11 is 0. The van der Waals surface area contributed by atoms with Crippen molar-refractivity contribution in [2.75, 3.05) is 26.2 Å². The van der Waals surface area contributed by atoms with Crippen molar-refractivity contribution in [3.8, 4) is 0 Å². The van der Waals surface area contributed by atoms with Crippen LogP contribution in [0.4, 0.5) is 0 Å². The standard InChI is InChI=1S/C20H26N2O3/c1-4-25-20(24)16-12-22(8-6-18(16)23)7-5-15-11-21-17-10-13(2)9-14(3)19(15)17/h9-11,21,23H,4-8,12H2,1-3H3. The first-order chi connectivity index (χ1) is 12.0. The van der Waals surface area contributed by atoms with Crippen LogP contribution in [0.2, 0.25) is 0 Å². The molecule has 3 rings (SSSR count). The zero-order valence-electron chi connectivity index (χ0n) is 15.2. The molecule has 0 radical (unpaired) electrons. The fourth-order valence-electron chi connectivity index (χ4n) is 3.62. The van der Waals surface area contributed by atoms with Crippen molar-refractivity contribution in [1.29, 1.82) is 0 Å². The molecule has 0 spiro atoms. The molecule has 0 amide bonds. The number of hydrogen-bond donors (Lipinski definition) is 2. The molecule has 5 heteroatoms. The van der Waals surface area contributed by atoms with Gasteiger partial charge in [0.1, 0.15) is 5.76 Å². The number of aromatic amines is 1. The molecule has 134 valence electrons. The average molecular weight is 342 g/mol. The van der Waals surface area contributed by atoms with Gasteiger partial charge in [-0.15, -0.1) is 0 Å². The van der Waals surface area contributed by atoms with Crippen molar-refractivity contribution >= 4 is 16.9 Å². The van der Waals surface area contributed by atoms with E-state index in [1.807, 2.05) is 0 Å². The summed E-state index contributed by atoms with van der Waals surface area (Å²) < 4.78 is 5.05. The third-order valence-electron chi connectivity index (χ3n) is 4.82. The predicted octanol–water partition coefficient (Wildman–Crippen LogP) is 3.41. The SMILES string of the molecule is CCOC(=O)C1=C(O)CCN(CCc2c[nH]c3cc(C)cc(C)c23)C1. The Hall–Kier alpha value is -2.27. The van der Waals surface area contributed by atoms with Gasteiger partial charge >= 0.3 is 5.97 Å². The number of fused-ring (bicyclic) bond motifs is 1. The van der Waals surface area contributed by atoms with Gasteiger partial charge in [0.05, 0.1) is 12.2 Å². The van der Waals surface area contributed by atoms with E-state index in [1.165, 1.54) is 27.6 Å². The maximum absolute atomic E-state index is 12.0. The lowest BCUT2D eigenvalue weighted by Gasteiger charge is -2.27. The van der Waals surface area contributed by atoms with E-state index in [9.17, 15) is 9.90 Å². The molecule has 25 heavy (non-hydrogen) atoms. The Balaban J connectivity index is 1.70. The van der Waals surface area contributed by atoms with E-state index in [0.717, 1.165) is 19.5 Å². The van der Waals surface area contributed by atoms with Gasteiger partial charge in [-0.1, -0.05) is 6.07 Å². The number of esters is 1. The van der Waals surface area contributed by atoms with Crippen LogP contribution in [0.3, 0.4) is 0 Å². The highest BCUT2D eigenvalue weighted by Gasteiger charge is 2.24. The summed E-state index contributed by atoms with van der Waals surface area (Å²) in [5.74, 6) is -0.226. The summed E-state index contributed by atoms with van der Waals surface area (Å²) in [6.45, 7) is 8.40. The molecule has 0 bridgehead atoms. The highest BCUT2D eigenvalue weighted by molar-refractivity contribution is 5.89. The smallest absolute Gasteiger partial charge is 0.338 e. The van der Waals surface area contributed by atoms with E-state index in [2.05, 4.69) is 42.1 Å². The number of aliphatic hydroxyl groups excluding tert-OH is 1. The second kappa shape index (κ2) is 7.31. The average Bonchev–Trinajstić information content (AvgIpc) is 2.97. The molecule has 1 aliphatic heterocycles. The number of carbonyl (C=O) groups excluding carboxylic acids is 1. The van der Waals surface area contributed by atoms with Crippen molar-refractivity contribution in [1.82, 2.24) is 9.88 Å². The molecule has 0 unspecified atom stereocenters. The van der Waals surface area contributed by atoms with E-state index in [4.69, 9.17) is 4.74 Å². The lowest BCUT2D eigenvalue weighted by atomic mass is 10.0. The fourth-order valence-corrected chi connectivity index (χ4v) is 3.62. The summed E-state index contributed by atoms with van der Waals surface area (Å²) in [5, 5.41) is 11.3. The van der Waals surface area contributed by atoms with E-state index in [1.54, 1.807) is 6.92 Å². The number of rotatable bonds is 5. The van der Waals surface area contributed by atoms with Gasteiger partial charge in [-0.3, -0.25) is 4.90 Å². The molecule has 0 saturated heterocycles. The van der Waals surface area contributed by atoms with Gasteiger partial charge < -0.3 is 14.8 Å². The molecule has 1 aromatic heterocycles. The fraction of sp³-hybridized carbons (Fsp3) is 0.450. The zero-order valence-corrected chi connectivity index (χ0v) is 15.2. The van der Waals surface area contributed by atoms with Crippen LogP contribution in [0.1, 0.15) is 30.0 Å². The molecule has 1 aromatic carbocycles. The van der Waals surface area contributed by atoms with Gasteiger partial charge in [-0.25, -0.2) is 4.79 Å². The Bertz CT molecular complexity index is 820. The third kappa shape index (κ3) is 3.71. The van der Waals surface area contributed by atoms with Gasteiger partial charge in [0, 0.05) is 43.2 Å². The van der Waals surface area contributed by atoms with Crippen LogP contribution in [0, 0.1) is 13.8 Å². The number of benzene rings is 1. The molecule has 0 saturated carbocycles. The third-order valence-corrected chi connectivity index (χ3v) is 4.82. The highest BCUT2D eigenvalue weighted by atomic mass is 16.5. The Morgan fingerprint density at radius 3 is 2.92 bits per heavy atom. The topological polar surface area (TPSA) is 65.6 Å². The number of aryl methyl sites for hydroxylation is 2. The molecule has 2 N–H and O–H groups in total. The van der Waals surface area contributed by atoms with E-state index < -0.39 is 5.97 Å². The van der Waals surface area contributed by atoms with Crippen molar-refractivity contribution in [3.05, 3.63) is 46.4 Å². The van der Waals surface area contributed by atoms with Crippen molar-refractivity contribution < 1.29 is 14.6 Å². The normalized spacial score (nSPS) is 15.8. The lowest BCUT2D eigenvalue weighted by Crippen LogP contribution is -2.36. The van der Waals surface area contributed by atoms with E-state index >= 15 is 0 Å². The first kappa shape index (κ1) is 17.5. The maximum Gasteiger partial charge on any atom is 0.338 e. The van der Waals surface area contributed by atoms with Gasteiger partial charge in [0.15, 0.2) is 0 Å². The maximum atomic E-state index is 12.0. The van der Waals surface area contributed by atoms with Crippen LogP contribution < -0.4 is 0 Å². The van der Waals surface area contributed by atoms with E-state index in [-0.39, 0.29) is 5.76 Å². The molecule has 2 heterocycles. The predicted molar refractivity (Wildman–Crippen MR) is 98.8 cm³/mol. The number of nitrogens with one attached hydrogen (secondary N) is 1. The van der Waals surface area contributed by atoms with Crippen LogP contribution in [0.15, 0.2) is 29.7 Å². The van der Waals surface area contributed by atoms with Gasteiger partial charge in [-0.05, 0) is 49.9 Å². The number of ether oxygens (including phenoxy) is 1. The number of H-pyrrole nitrogens is 1. The largest absolute Gasteiger partial charge is 0.512 e. The van der Waals surface area contributed by atoms with Gasteiger partial charge in [0.25, 0.3) is 0 Å². The van der Waals surface area contributed by atoms with Crippen LogP contribution in [-0.4, -0.2) is 47.2 Å². The number of nitrogens with zero attached hydrogens (tertiary/aromatic N) is 1. The Morgan fingerprint density at radius 1 is 1.36 bits per heavy atom. The Labute approximate surface area is 148 Å². The van der Waals surface area contributed by atoms with Crippen LogP contribution in [-0.2, 0) is 16.0 Å². The molecule has 0 fully saturated rings. The minimum Gasteiger partial charge on any atom is -0.512 e. The van der Waals surface area contributed by atoms with Crippen molar-refractivity contribution in [3.63, 3.8) is 0 Å². The van der Waals surface area contributed by atoms with Crippen molar-refractivity contribution in [2.24, 2.45) is 0 Å². The lowest BCUT2D eigenvalue weighted by molar-refractivity contribution is -0.139. The molecular weight excluding hydrogens is 316 g/mol.